The summed E-state index contributed by atoms with van der Waals surface area (Å²) in [5.74, 6) is -0.622. The zero-order chi connectivity index (χ0) is 28.3. The molecule has 12 heteroatoms. The van der Waals surface area contributed by atoms with E-state index in [4.69, 9.17) is 27.9 Å². The first kappa shape index (κ1) is 28.3. The van der Waals surface area contributed by atoms with Crippen LogP contribution in [-0.2, 0) is 16.5 Å². The molecule has 0 fully saturated rings. The Balaban J connectivity index is 1.81. The van der Waals surface area contributed by atoms with E-state index < -0.39 is 26.7 Å². The molecule has 0 heterocycles. The number of phenols is 1. The fourth-order valence-corrected chi connectivity index (χ4v) is 5.53. The summed E-state index contributed by atoms with van der Waals surface area (Å²) >= 11 is 12.4. The minimum Gasteiger partial charge on any atom is -0.505 e. The lowest BCUT2D eigenvalue weighted by molar-refractivity contribution is 0.102. The van der Waals surface area contributed by atoms with Crippen LogP contribution >= 0.6 is 23.2 Å². The van der Waals surface area contributed by atoms with Crippen molar-refractivity contribution in [3.8, 4) is 11.5 Å². The van der Waals surface area contributed by atoms with Gasteiger partial charge in [0.15, 0.2) is 5.75 Å². The van der Waals surface area contributed by atoms with Gasteiger partial charge < -0.3 is 15.2 Å². The summed E-state index contributed by atoms with van der Waals surface area (Å²) in [6.45, 7) is 3.96. The van der Waals surface area contributed by atoms with E-state index in [2.05, 4.69) is 15.5 Å². The fourth-order valence-electron chi connectivity index (χ4n) is 4.03. The topological polar surface area (TPSA) is 138 Å². The van der Waals surface area contributed by atoms with Crippen LogP contribution < -0.4 is 10.1 Å². The molecule has 0 bridgehead atoms. The number of phenolic OH excluding ortho intramolecular Hbond substituents is 1. The maximum absolute atomic E-state index is 13.2. The lowest BCUT2D eigenvalue weighted by Gasteiger charge is -2.13. The molecule has 0 saturated heterocycles. The van der Waals surface area contributed by atoms with Crippen molar-refractivity contribution in [2.24, 2.45) is 10.2 Å². The minimum absolute atomic E-state index is 0.0784. The zero-order valence-electron chi connectivity index (χ0n) is 20.8. The number of aromatic hydroxyl groups is 1. The standard InChI is InChI=1S/C27H23Cl2N3O6S/c1-3-17-20(28)10-12-23(26(17)39(35,36)37)31-32-24-18-8-6-5-7-15(18)13-19(25(24)33)27(34)30-22-11-9-16(38-4-2)14-21(22)29/h5-14,33H,3-4H2,1-2H3,(H,30,34)(H,35,36,37). The summed E-state index contributed by atoms with van der Waals surface area (Å²) in [4.78, 5) is 12.7. The van der Waals surface area contributed by atoms with Crippen LogP contribution in [0.1, 0.15) is 29.8 Å². The second-order valence-electron chi connectivity index (χ2n) is 8.27. The molecule has 0 aliphatic carbocycles. The van der Waals surface area contributed by atoms with Crippen molar-refractivity contribution in [1.82, 2.24) is 0 Å². The number of anilines is 1. The van der Waals surface area contributed by atoms with Gasteiger partial charge in [0.05, 0.1) is 22.9 Å². The number of azo groups is 1. The highest BCUT2D eigenvalue weighted by atomic mass is 35.5. The van der Waals surface area contributed by atoms with Crippen molar-refractivity contribution < 1.29 is 27.6 Å². The first-order valence-electron chi connectivity index (χ1n) is 11.7. The molecule has 202 valence electrons. The molecule has 0 spiro atoms. The maximum Gasteiger partial charge on any atom is 0.297 e. The normalized spacial score (nSPS) is 11.7. The third-order valence-electron chi connectivity index (χ3n) is 5.79. The number of nitrogens with zero attached hydrogens (tertiary/aromatic N) is 2. The first-order chi connectivity index (χ1) is 18.5. The molecule has 0 radical (unpaired) electrons. The van der Waals surface area contributed by atoms with Gasteiger partial charge in [-0.15, -0.1) is 10.2 Å². The molecule has 0 saturated carbocycles. The highest BCUT2D eigenvalue weighted by Crippen LogP contribution is 2.41. The number of fused-ring (bicyclic) bond motifs is 1. The van der Waals surface area contributed by atoms with Crippen LogP contribution in [0.5, 0.6) is 11.5 Å². The molecular formula is C27H23Cl2N3O6S. The summed E-state index contributed by atoms with van der Waals surface area (Å²) in [5, 5.41) is 23.3. The summed E-state index contributed by atoms with van der Waals surface area (Å²) in [6.07, 6.45) is 0.204. The highest BCUT2D eigenvalue weighted by molar-refractivity contribution is 7.86. The lowest BCUT2D eigenvalue weighted by atomic mass is 10.0. The average Bonchev–Trinajstić information content (AvgIpc) is 2.89. The van der Waals surface area contributed by atoms with Crippen LogP contribution in [0.3, 0.4) is 0 Å². The van der Waals surface area contributed by atoms with Crippen LogP contribution in [0.4, 0.5) is 17.1 Å². The third-order valence-corrected chi connectivity index (χ3v) is 7.43. The Kier molecular flexibility index (Phi) is 8.41. The van der Waals surface area contributed by atoms with Gasteiger partial charge in [-0.3, -0.25) is 9.35 Å². The van der Waals surface area contributed by atoms with Crippen LogP contribution in [0.2, 0.25) is 10.0 Å². The smallest absolute Gasteiger partial charge is 0.297 e. The van der Waals surface area contributed by atoms with E-state index in [0.717, 1.165) is 0 Å². The number of hydrogen-bond donors (Lipinski definition) is 3. The predicted molar refractivity (Wildman–Crippen MR) is 151 cm³/mol. The number of carbonyl (C=O) groups excluding carboxylic acids is 1. The van der Waals surface area contributed by atoms with Gasteiger partial charge in [-0.1, -0.05) is 54.4 Å². The second-order valence-corrected chi connectivity index (χ2v) is 10.4. The molecule has 1 amide bonds. The number of rotatable bonds is 8. The first-order valence-corrected chi connectivity index (χ1v) is 13.9. The molecule has 3 N–H and O–H groups in total. The van der Waals surface area contributed by atoms with Crippen molar-refractivity contribution >= 4 is 67.1 Å². The quantitative estimate of drug-likeness (QED) is 0.142. The van der Waals surface area contributed by atoms with Crippen molar-refractivity contribution in [2.45, 2.75) is 25.2 Å². The van der Waals surface area contributed by atoms with E-state index >= 15 is 0 Å². The fraction of sp³-hybridized carbons (Fsp3) is 0.148. The average molecular weight is 588 g/mol. The van der Waals surface area contributed by atoms with E-state index in [1.165, 1.54) is 18.2 Å². The van der Waals surface area contributed by atoms with E-state index in [1.807, 2.05) is 6.92 Å². The van der Waals surface area contributed by atoms with Gasteiger partial charge in [0, 0.05) is 16.5 Å². The van der Waals surface area contributed by atoms with Gasteiger partial charge in [0.2, 0.25) is 0 Å². The van der Waals surface area contributed by atoms with Gasteiger partial charge in [0.25, 0.3) is 16.0 Å². The molecule has 4 rings (SSSR count). The van der Waals surface area contributed by atoms with Gasteiger partial charge in [-0.25, -0.2) is 0 Å². The van der Waals surface area contributed by atoms with Crippen LogP contribution in [0.15, 0.2) is 75.8 Å². The van der Waals surface area contributed by atoms with E-state index in [0.29, 0.717) is 28.8 Å². The van der Waals surface area contributed by atoms with Crippen molar-refractivity contribution in [3.63, 3.8) is 0 Å². The minimum atomic E-state index is -4.71. The van der Waals surface area contributed by atoms with Gasteiger partial charge in [0.1, 0.15) is 22.0 Å². The molecule has 39 heavy (non-hydrogen) atoms. The molecule has 4 aromatic rings. The predicted octanol–water partition coefficient (Wildman–Crippen LogP) is 7.73. The van der Waals surface area contributed by atoms with E-state index in [1.54, 1.807) is 49.4 Å². The number of amides is 1. The maximum atomic E-state index is 13.2. The Hall–Kier alpha value is -3.70. The third kappa shape index (κ3) is 5.99. The Bertz CT molecular complexity index is 1720. The van der Waals surface area contributed by atoms with Crippen LogP contribution in [0.25, 0.3) is 10.8 Å². The van der Waals surface area contributed by atoms with E-state index in [9.17, 15) is 22.9 Å². The van der Waals surface area contributed by atoms with E-state index in [-0.39, 0.29) is 39.0 Å². The monoisotopic (exact) mass is 587 g/mol. The van der Waals surface area contributed by atoms with Crippen molar-refractivity contribution in [3.05, 3.63) is 81.8 Å². The van der Waals surface area contributed by atoms with Crippen LogP contribution in [0, 0.1) is 0 Å². The summed E-state index contributed by atoms with van der Waals surface area (Å²) < 4.78 is 39.6. The van der Waals surface area contributed by atoms with Gasteiger partial charge in [-0.2, -0.15) is 8.42 Å². The summed E-state index contributed by atoms with van der Waals surface area (Å²) in [7, 11) is -4.71. The number of halogens is 2. The second kappa shape index (κ2) is 11.6. The Labute approximate surface area is 234 Å². The number of hydrogen-bond acceptors (Lipinski definition) is 7. The van der Waals surface area contributed by atoms with Crippen LogP contribution in [-0.4, -0.2) is 30.6 Å². The highest BCUT2D eigenvalue weighted by Gasteiger charge is 2.23. The number of ether oxygens (including phenoxy) is 1. The molecule has 0 aliphatic heterocycles. The molecule has 0 aliphatic rings. The lowest BCUT2D eigenvalue weighted by Crippen LogP contribution is -2.12. The Morgan fingerprint density at radius 1 is 1.00 bits per heavy atom. The SMILES string of the molecule is CCOc1ccc(NC(=O)c2cc3ccccc3c(N=Nc3ccc(Cl)c(CC)c3S(=O)(=O)O)c2O)c(Cl)c1. The number of carbonyl (C=O) groups is 1. The number of nitrogens with one attached hydrogen (secondary N) is 1. The molecule has 0 unspecified atom stereocenters. The van der Waals surface area contributed by atoms with Crippen molar-refractivity contribution in [2.75, 3.05) is 11.9 Å². The Morgan fingerprint density at radius 3 is 2.41 bits per heavy atom. The van der Waals surface area contributed by atoms with Gasteiger partial charge >= 0.3 is 0 Å². The molecule has 0 atom stereocenters. The van der Waals surface area contributed by atoms with Crippen molar-refractivity contribution in [1.29, 1.82) is 0 Å². The summed E-state index contributed by atoms with van der Waals surface area (Å²) in [6, 6.07) is 15.8. The zero-order valence-corrected chi connectivity index (χ0v) is 23.1. The Morgan fingerprint density at radius 2 is 1.74 bits per heavy atom. The number of benzene rings is 4. The van der Waals surface area contributed by atoms with Gasteiger partial charge in [-0.05, 0) is 54.6 Å². The largest absolute Gasteiger partial charge is 0.505 e. The molecule has 9 nitrogen and oxygen atoms in total. The summed E-state index contributed by atoms with van der Waals surface area (Å²) in [5.41, 5.74) is 0.0912. The molecule has 4 aromatic carbocycles. The molecular weight excluding hydrogens is 565 g/mol. The molecule has 0 aromatic heterocycles.